The van der Waals surface area contributed by atoms with Crippen molar-refractivity contribution in [1.29, 1.82) is 0 Å². The quantitative estimate of drug-likeness (QED) is 0.365. The predicted molar refractivity (Wildman–Crippen MR) is 120 cm³/mol. The number of nitrogens with one attached hydrogen (secondary N) is 3. The fourth-order valence-corrected chi connectivity index (χ4v) is 3.48. The first-order chi connectivity index (χ1) is 14.8. The molecule has 3 N–H and O–H groups in total. The van der Waals surface area contributed by atoms with Gasteiger partial charge < -0.3 is 5.32 Å². The van der Waals surface area contributed by atoms with Crippen molar-refractivity contribution in [2.45, 2.75) is 25.4 Å². The molecule has 4 aromatic rings. The van der Waals surface area contributed by atoms with E-state index in [4.69, 9.17) is 4.98 Å². The molecule has 0 spiro atoms. The highest BCUT2D eigenvalue weighted by Gasteiger charge is 2.33. The van der Waals surface area contributed by atoms with E-state index >= 15 is 0 Å². The number of para-hydroxylation sites is 1. The molecule has 2 aromatic carbocycles. The van der Waals surface area contributed by atoms with Crippen molar-refractivity contribution in [2.75, 3.05) is 11.9 Å². The van der Waals surface area contributed by atoms with Crippen molar-refractivity contribution in [3.05, 3.63) is 96.6 Å². The monoisotopic (exact) mass is 398 g/mol. The first-order valence-corrected chi connectivity index (χ1v) is 10.2. The van der Waals surface area contributed by atoms with Crippen LogP contribution in [0.1, 0.15) is 24.7 Å². The molecule has 4 rings (SSSR count). The lowest BCUT2D eigenvalue weighted by molar-refractivity contribution is 0.350. The van der Waals surface area contributed by atoms with Gasteiger partial charge in [0.2, 0.25) is 0 Å². The number of anilines is 1. The summed E-state index contributed by atoms with van der Waals surface area (Å²) < 4.78 is 0. The Labute approximate surface area is 176 Å². The molecule has 6 nitrogen and oxygen atoms in total. The van der Waals surface area contributed by atoms with Gasteiger partial charge in [0.1, 0.15) is 5.66 Å². The Morgan fingerprint density at radius 1 is 0.900 bits per heavy atom. The molecule has 30 heavy (non-hydrogen) atoms. The molecule has 0 saturated carbocycles. The lowest BCUT2D eigenvalue weighted by Gasteiger charge is -2.34. The van der Waals surface area contributed by atoms with Gasteiger partial charge in [-0.1, -0.05) is 55.5 Å². The molecule has 0 aliphatic carbocycles. The number of pyridine rings is 1. The van der Waals surface area contributed by atoms with Gasteiger partial charge >= 0.3 is 0 Å². The highest BCUT2D eigenvalue weighted by Crippen LogP contribution is 2.26. The fraction of sp³-hybridized carbons (Fsp3) is 0.208. The predicted octanol–water partition coefficient (Wildman–Crippen LogP) is 4.37. The van der Waals surface area contributed by atoms with Crippen molar-refractivity contribution in [3.63, 3.8) is 0 Å². The lowest BCUT2D eigenvalue weighted by Crippen LogP contribution is -2.50. The van der Waals surface area contributed by atoms with E-state index in [1.807, 2.05) is 36.4 Å². The van der Waals surface area contributed by atoms with Gasteiger partial charge in [-0.2, -0.15) is 5.10 Å². The standard InChI is InChI=1S/C24H26N6/c1-2-24(28-21-11-7-4-8-12-21,26-18-13-19-9-5-3-6-10-19)23-27-22(29-30-23)20-14-16-25-17-15-20/h3-12,14-17,26,28H,2,13,18H2,1H3,(H,27,29,30). The Bertz CT molecular complexity index is 1030. The second-order valence-electron chi connectivity index (χ2n) is 7.16. The van der Waals surface area contributed by atoms with Crippen LogP contribution in [0.3, 0.4) is 0 Å². The minimum Gasteiger partial charge on any atom is -0.361 e. The van der Waals surface area contributed by atoms with Gasteiger partial charge in [-0.25, -0.2) is 4.98 Å². The van der Waals surface area contributed by atoms with Crippen LogP contribution in [-0.2, 0) is 12.1 Å². The first-order valence-electron chi connectivity index (χ1n) is 10.2. The largest absolute Gasteiger partial charge is 0.361 e. The molecule has 0 bridgehead atoms. The minimum absolute atomic E-state index is 0.575. The molecule has 0 saturated heterocycles. The zero-order valence-electron chi connectivity index (χ0n) is 17.0. The third kappa shape index (κ3) is 4.55. The highest BCUT2D eigenvalue weighted by molar-refractivity contribution is 5.54. The second kappa shape index (κ2) is 9.33. The number of nitrogens with zero attached hydrogens (tertiary/aromatic N) is 3. The average Bonchev–Trinajstić information content (AvgIpc) is 3.31. The van der Waals surface area contributed by atoms with Crippen LogP contribution in [0.2, 0.25) is 0 Å². The summed E-state index contributed by atoms with van der Waals surface area (Å²) in [6, 6.07) is 24.5. The van der Waals surface area contributed by atoms with E-state index in [9.17, 15) is 0 Å². The molecule has 1 atom stereocenters. The van der Waals surface area contributed by atoms with Crippen LogP contribution in [0.4, 0.5) is 5.69 Å². The topological polar surface area (TPSA) is 78.5 Å². The van der Waals surface area contributed by atoms with Crippen LogP contribution in [0.15, 0.2) is 85.2 Å². The number of hydrogen-bond donors (Lipinski definition) is 3. The number of benzene rings is 2. The first kappa shape index (κ1) is 19.8. The summed E-state index contributed by atoms with van der Waals surface area (Å²) in [5.74, 6) is 1.42. The average molecular weight is 399 g/mol. The van der Waals surface area contributed by atoms with Crippen LogP contribution in [-0.4, -0.2) is 26.7 Å². The third-order valence-electron chi connectivity index (χ3n) is 5.17. The number of rotatable bonds is 9. The maximum absolute atomic E-state index is 4.83. The van der Waals surface area contributed by atoms with E-state index in [0.29, 0.717) is 5.82 Å². The summed E-state index contributed by atoms with van der Waals surface area (Å²) in [5.41, 5.74) is 2.67. The molecule has 2 aromatic heterocycles. The van der Waals surface area contributed by atoms with Crippen molar-refractivity contribution in [1.82, 2.24) is 25.5 Å². The number of H-pyrrole nitrogens is 1. The van der Waals surface area contributed by atoms with E-state index in [1.165, 1.54) is 5.56 Å². The summed E-state index contributed by atoms with van der Waals surface area (Å²) in [5, 5.41) is 15.0. The maximum atomic E-state index is 4.83. The highest BCUT2D eigenvalue weighted by atomic mass is 15.3. The Balaban J connectivity index is 1.61. The van der Waals surface area contributed by atoms with Crippen LogP contribution < -0.4 is 10.6 Å². The zero-order valence-corrected chi connectivity index (χ0v) is 17.0. The van der Waals surface area contributed by atoms with Gasteiger partial charge in [-0.05, 0) is 42.7 Å². The minimum atomic E-state index is -0.575. The third-order valence-corrected chi connectivity index (χ3v) is 5.17. The smallest absolute Gasteiger partial charge is 0.181 e. The van der Waals surface area contributed by atoms with E-state index in [2.05, 4.69) is 69.1 Å². The SMILES string of the molecule is CCC(NCCc1ccccc1)(Nc1ccccc1)c1nc(-c2ccncc2)n[nH]1. The molecule has 6 heteroatoms. The number of aromatic nitrogens is 4. The Hall–Kier alpha value is -3.51. The molecule has 0 aliphatic heterocycles. The van der Waals surface area contributed by atoms with Gasteiger partial charge in [0.25, 0.3) is 0 Å². The zero-order chi connectivity index (χ0) is 20.7. The maximum Gasteiger partial charge on any atom is 0.181 e. The molecular weight excluding hydrogens is 372 g/mol. The molecule has 0 amide bonds. The Morgan fingerprint density at radius 3 is 2.30 bits per heavy atom. The van der Waals surface area contributed by atoms with Crippen molar-refractivity contribution in [2.24, 2.45) is 0 Å². The number of aromatic amines is 1. The van der Waals surface area contributed by atoms with E-state index in [1.54, 1.807) is 12.4 Å². The van der Waals surface area contributed by atoms with Crippen molar-refractivity contribution < 1.29 is 0 Å². The lowest BCUT2D eigenvalue weighted by atomic mass is 10.0. The van der Waals surface area contributed by atoms with Crippen molar-refractivity contribution >= 4 is 5.69 Å². The Morgan fingerprint density at radius 2 is 1.60 bits per heavy atom. The van der Waals surface area contributed by atoms with Crippen LogP contribution in [0.5, 0.6) is 0 Å². The van der Waals surface area contributed by atoms with E-state index in [0.717, 1.165) is 36.5 Å². The summed E-state index contributed by atoms with van der Waals surface area (Å²) >= 11 is 0. The van der Waals surface area contributed by atoms with Gasteiger partial charge in [0, 0.05) is 30.2 Å². The fourth-order valence-electron chi connectivity index (χ4n) is 3.48. The molecule has 1 unspecified atom stereocenters. The van der Waals surface area contributed by atoms with E-state index < -0.39 is 5.66 Å². The molecule has 0 aliphatic rings. The molecule has 0 radical (unpaired) electrons. The number of hydrogen-bond acceptors (Lipinski definition) is 5. The summed E-state index contributed by atoms with van der Waals surface area (Å²) in [4.78, 5) is 8.90. The van der Waals surface area contributed by atoms with Crippen molar-refractivity contribution in [3.8, 4) is 11.4 Å². The van der Waals surface area contributed by atoms with Crippen LogP contribution in [0.25, 0.3) is 11.4 Å². The molecular formula is C24H26N6. The molecule has 2 heterocycles. The van der Waals surface area contributed by atoms with Gasteiger partial charge in [-0.3, -0.25) is 15.4 Å². The van der Waals surface area contributed by atoms with E-state index in [-0.39, 0.29) is 0 Å². The summed E-state index contributed by atoms with van der Waals surface area (Å²) in [6.45, 7) is 2.93. The van der Waals surface area contributed by atoms with Gasteiger partial charge in [0.05, 0.1) is 0 Å². The molecule has 152 valence electrons. The summed E-state index contributed by atoms with van der Waals surface area (Å²) in [6.07, 6.45) is 5.20. The second-order valence-corrected chi connectivity index (χ2v) is 7.16. The molecule has 0 fully saturated rings. The van der Waals surface area contributed by atoms with Gasteiger partial charge in [0.15, 0.2) is 11.6 Å². The van der Waals surface area contributed by atoms with Crippen LogP contribution in [0, 0.1) is 0 Å². The van der Waals surface area contributed by atoms with Gasteiger partial charge in [-0.15, -0.1) is 0 Å². The summed E-state index contributed by atoms with van der Waals surface area (Å²) in [7, 11) is 0. The van der Waals surface area contributed by atoms with Crippen LogP contribution >= 0.6 is 0 Å². The normalized spacial score (nSPS) is 13.0. The Kier molecular flexibility index (Phi) is 6.15.